The van der Waals surface area contributed by atoms with Crippen LogP contribution in [0.3, 0.4) is 0 Å². The van der Waals surface area contributed by atoms with Crippen LogP contribution in [-0.2, 0) is 6.61 Å². The molecule has 2 aromatic carbocycles. The fourth-order valence-corrected chi connectivity index (χ4v) is 2.26. The number of aromatic nitrogens is 2. The topological polar surface area (TPSA) is 77.6 Å². The summed E-state index contributed by atoms with van der Waals surface area (Å²) in [6, 6.07) is 14.7. The van der Waals surface area contributed by atoms with Crippen molar-refractivity contribution in [3.63, 3.8) is 0 Å². The van der Waals surface area contributed by atoms with E-state index in [1.165, 1.54) is 0 Å². The van der Waals surface area contributed by atoms with Gasteiger partial charge in [0.25, 0.3) is 5.89 Å². The van der Waals surface area contributed by atoms with Gasteiger partial charge in [0.05, 0.1) is 18.8 Å². The quantitative estimate of drug-likeness (QED) is 0.748. The van der Waals surface area contributed by atoms with Crippen LogP contribution in [0.2, 0.25) is 0 Å². The highest BCUT2D eigenvalue weighted by Gasteiger charge is 2.13. The molecule has 0 spiro atoms. The summed E-state index contributed by atoms with van der Waals surface area (Å²) in [6.07, 6.45) is -0.547. The second-order valence-corrected chi connectivity index (χ2v) is 5.25. The number of methoxy groups -OCH3 is 1. The first-order valence-electron chi connectivity index (χ1n) is 7.54. The third kappa shape index (κ3) is 3.55. The van der Waals surface area contributed by atoms with Crippen LogP contribution in [0.1, 0.15) is 24.5 Å². The van der Waals surface area contributed by atoms with Crippen molar-refractivity contribution >= 4 is 0 Å². The summed E-state index contributed by atoms with van der Waals surface area (Å²) >= 11 is 0. The van der Waals surface area contributed by atoms with Gasteiger partial charge in [0.1, 0.15) is 11.5 Å². The highest BCUT2D eigenvalue weighted by Crippen LogP contribution is 2.27. The highest BCUT2D eigenvalue weighted by molar-refractivity contribution is 5.63. The van der Waals surface area contributed by atoms with E-state index >= 15 is 0 Å². The van der Waals surface area contributed by atoms with Gasteiger partial charge in [0.15, 0.2) is 6.61 Å². The van der Waals surface area contributed by atoms with Crippen molar-refractivity contribution in [3.05, 3.63) is 60.0 Å². The number of rotatable bonds is 6. The number of nitrogens with zero attached hydrogens (tertiary/aromatic N) is 2. The Bertz CT molecular complexity index is 814. The minimum atomic E-state index is -0.547. The Kier molecular flexibility index (Phi) is 4.77. The molecule has 1 N–H and O–H groups in total. The largest absolute Gasteiger partial charge is 0.496 e. The molecular weight excluding hydrogens is 308 g/mol. The number of benzene rings is 2. The van der Waals surface area contributed by atoms with Gasteiger partial charge in [-0.25, -0.2) is 0 Å². The Labute approximate surface area is 139 Å². The van der Waals surface area contributed by atoms with Crippen molar-refractivity contribution in [2.45, 2.75) is 19.6 Å². The zero-order valence-corrected chi connectivity index (χ0v) is 13.5. The molecule has 24 heavy (non-hydrogen) atoms. The van der Waals surface area contributed by atoms with E-state index in [9.17, 15) is 5.11 Å². The average molecular weight is 326 g/mol. The molecule has 6 heteroatoms. The Morgan fingerprint density at radius 1 is 1.17 bits per heavy atom. The van der Waals surface area contributed by atoms with E-state index in [2.05, 4.69) is 10.1 Å². The van der Waals surface area contributed by atoms with Crippen molar-refractivity contribution in [1.29, 1.82) is 0 Å². The lowest BCUT2D eigenvalue weighted by Crippen LogP contribution is -1.97. The standard InChI is InChI=1S/C18H18N2O4/c1-12(21)13-6-5-7-14(10-13)23-11-17-19-18(20-24-17)15-8-3-4-9-16(15)22-2/h3-10,12,21H,11H2,1-2H3. The molecule has 3 aromatic rings. The molecule has 124 valence electrons. The predicted molar refractivity (Wildman–Crippen MR) is 87.7 cm³/mol. The Hall–Kier alpha value is -2.86. The second-order valence-electron chi connectivity index (χ2n) is 5.25. The van der Waals surface area contributed by atoms with Gasteiger partial charge in [-0.1, -0.05) is 29.4 Å². The predicted octanol–water partition coefficient (Wildman–Crippen LogP) is 3.38. The Balaban J connectivity index is 1.72. The van der Waals surface area contributed by atoms with Crippen molar-refractivity contribution in [2.75, 3.05) is 7.11 Å². The first-order valence-corrected chi connectivity index (χ1v) is 7.54. The van der Waals surface area contributed by atoms with Crippen LogP contribution in [0.15, 0.2) is 53.1 Å². The summed E-state index contributed by atoms with van der Waals surface area (Å²) in [5.41, 5.74) is 1.54. The van der Waals surface area contributed by atoms with E-state index in [0.29, 0.717) is 23.2 Å². The van der Waals surface area contributed by atoms with Gasteiger partial charge in [0.2, 0.25) is 5.82 Å². The molecule has 3 rings (SSSR count). The molecule has 6 nitrogen and oxygen atoms in total. The minimum absolute atomic E-state index is 0.144. The highest BCUT2D eigenvalue weighted by atomic mass is 16.5. The van der Waals surface area contributed by atoms with Crippen molar-refractivity contribution in [1.82, 2.24) is 10.1 Å². The molecule has 0 bridgehead atoms. The molecule has 0 radical (unpaired) electrons. The fraction of sp³-hybridized carbons (Fsp3) is 0.222. The molecule has 0 fully saturated rings. The molecule has 0 amide bonds. The molecule has 0 aliphatic rings. The van der Waals surface area contributed by atoms with E-state index in [1.54, 1.807) is 20.1 Å². The van der Waals surface area contributed by atoms with E-state index < -0.39 is 6.10 Å². The Morgan fingerprint density at radius 3 is 2.79 bits per heavy atom. The summed E-state index contributed by atoms with van der Waals surface area (Å²) in [5, 5.41) is 13.6. The molecule has 0 saturated carbocycles. The lowest BCUT2D eigenvalue weighted by molar-refractivity contribution is 0.197. The number of aliphatic hydroxyl groups is 1. The maximum atomic E-state index is 9.60. The zero-order chi connectivity index (χ0) is 16.9. The van der Waals surface area contributed by atoms with Gasteiger partial charge in [-0.05, 0) is 36.8 Å². The van der Waals surface area contributed by atoms with Gasteiger partial charge in [-0.3, -0.25) is 0 Å². The SMILES string of the molecule is COc1ccccc1-c1noc(COc2cccc(C(C)O)c2)n1. The minimum Gasteiger partial charge on any atom is -0.496 e. The van der Waals surface area contributed by atoms with Crippen molar-refractivity contribution in [3.8, 4) is 22.9 Å². The monoisotopic (exact) mass is 326 g/mol. The third-order valence-corrected chi connectivity index (χ3v) is 3.52. The number of para-hydroxylation sites is 1. The molecule has 1 heterocycles. The van der Waals surface area contributed by atoms with Crippen LogP contribution >= 0.6 is 0 Å². The maximum Gasteiger partial charge on any atom is 0.264 e. The number of aliphatic hydroxyl groups excluding tert-OH is 1. The van der Waals surface area contributed by atoms with E-state index in [-0.39, 0.29) is 6.61 Å². The molecular formula is C18H18N2O4. The lowest BCUT2D eigenvalue weighted by Gasteiger charge is -2.07. The first-order chi connectivity index (χ1) is 11.7. The van der Waals surface area contributed by atoms with E-state index in [0.717, 1.165) is 11.1 Å². The molecule has 1 atom stereocenters. The fourth-order valence-electron chi connectivity index (χ4n) is 2.26. The third-order valence-electron chi connectivity index (χ3n) is 3.52. The normalized spacial score (nSPS) is 12.0. The van der Waals surface area contributed by atoms with Crippen molar-refractivity contribution < 1.29 is 19.1 Å². The van der Waals surface area contributed by atoms with Crippen LogP contribution in [0.4, 0.5) is 0 Å². The molecule has 0 aliphatic heterocycles. The summed E-state index contributed by atoms with van der Waals surface area (Å²) in [4.78, 5) is 4.33. The van der Waals surface area contributed by atoms with Crippen LogP contribution in [0, 0.1) is 0 Å². The van der Waals surface area contributed by atoms with E-state index in [1.807, 2.05) is 42.5 Å². The molecule has 0 aliphatic carbocycles. The molecule has 1 aromatic heterocycles. The van der Waals surface area contributed by atoms with Crippen LogP contribution in [0.25, 0.3) is 11.4 Å². The summed E-state index contributed by atoms with van der Waals surface area (Å²) < 4.78 is 16.2. The summed E-state index contributed by atoms with van der Waals surface area (Å²) in [6.45, 7) is 1.85. The van der Waals surface area contributed by atoms with Crippen molar-refractivity contribution in [2.24, 2.45) is 0 Å². The van der Waals surface area contributed by atoms with Gasteiger partial charge >= 0.3 is 0 Å². The van der Waals surface area contributed by atoms with Gasteiger partial charge < -0.3 is 19.1 Å². The van der Waals surface area contributed by atoms with Crippen LogP contribution in [0.5, 0.6) is 11.5 Å². The molecule has 0 saturated heterocycles. The first kappa shape index (κ1) is 16.0. The number of hydrogen-bond acceptors (Lipinski definition) is 6. The summed E-state index contributed by atoms with van der Waals surface area (Å²) in [5.74, 6) is 2.11. The summed E-state index contributed by atoms with van der Waals surface area (Å²) in [7, 11) is 1.60. The van der Waals surface area contributed by atoms with Gasteiger partial charge in [-0.15, -0.1) is 0 Å². The second kappa shape index (κ2) is 7.14. The zero-order valence-electron chi connectivity index (χ0n) is 13.5. The Morgan fingerprint density at radius 2 is 2.00 bits per heavy atom. The number of ether oxygens (including phenoxy) is 2. The maximum absolute atomic E-state index is 9.60. The van der Waals surface area contributed by atoms with Crippen LogP contribution < -0.4 is 9.47 Å². The number of hydrogen-bond donors (Lipinski definition) is 1. The lowest BCUT2D eigenvalue weighted by atomic mass is 10.1. The van der Waals surface area contributed by atoms with E-state index in [4.69, 9.17) is 14.0 Å². The smallest absolute Gasteiger partial charge is 0.264 e. The average Bonchev–Trinajstić information content (AvgIpc) is 3.09. The molecule has 1 unspecified atom stereocenters. The van der Waals surface area contributed by atoms with Gasteiger partial charge in [0, 0.05) is 0 Å². The van der Waals surface area contributed by atoms with Gasteiger partial charge in [-0.2, -0.15) is 4.98 Å². The van der Waals surface area contributed by atoms with Crippen LogP contribution in [-0.4, -0.2) is 22.4 Å².